The highest BCUT2D eigenvalue weighted by Crippen LogP contribution is 2.18. The lowest BCUT2D eigenvalue weighted by Gasteiger charge is -2.32. The molecule has 0 aromatic carbocycles. The van der Waals surface area contributed by atoms with E-state index in [1.54, 1.807) is 23.4 Å². The van der Waals surface area contributed by atoms with Gasteiger partial charge in [-0.25, -0.2) is 9.97 Å². The molecule has 1 aliphatic rings. The number of hydrogen-bond donors (Lipinski definition) is 1. The lowest BCUT2D eigenvalue weighted by atomic mass is 10.1. The second kappa shape index (κ2) is 6.38. The predicted molar refractivity (Wildman–Crippen MR) is 77.5 cm³/mol. The summed E-state index contributed by atoms with van der Waals surface area (Å²) in [5.41, 5.74) is 0.372. The number of amides is 1. The van der Waals surface area contributed by atoms with E-state index in [1.165, 1.54) is 18.5 Å². The summed E-state index contributed by atoms with van der Waals surface area (Å²) in [5.74, 6) is -0.181. The number of piperidine rings is 1. The molecule has 114 valence electrons. The van der Waals surface area contributed by atoms with Gasteiger partial charge < -0.3 is 14.7 Å². The highest BCUT2D eigenvalue weighted by molar-refractivity contribution is 5.94. The molecule has 3 rings (SSSR count). The minimum Gasteiger partial charge on any atom is -0.506 e. The number of nitrogens with zero attached hydrogens (tertiary/aromatic N) is 4. The van der Waals surface area contributed by atoms with E-state index >= 15 is 0 Å². The standard InChI is InChI=1S/C15H16N4O3/c20-12-7-11(8-16-9-12)14(21)19-6-1-3-13(10-19)22-15-17-4-2-5-18-15/h2,4-5,7-9,13,20H,1,3,6,10H2. The number of carbonyl (C=O) groups excluding carboxylic acids is 1. The summed E-state index contributed by atoms with van der Waals surface area (Å²) >= 11 is 0. The summed E-state index contributed by atoms with van der Waals surface area (Å²) < 4.78 is 5.71. The van der Waals surface area contributed by atoms with Crippen molar-refractivity contribution in [3.8, 4) is 11.8 Å². The first-order chi connectivity index (χ1) is 10.7. The predicted octanol–water partition coefficient (Wildman–Crippen LogP) is 1.26. The van der Waals surface area contributed by atoms with Gasteiger partial charge in [0, 0.05) is 25.1 Å². The summed E-state index contributed by atoms with van der Waals surface area (Å²) in [5, 5.41) is 9.43. The monoisotopic (exact) mass is 300 g/mol. The van der Waals surface area contributed by atoms with Crippen LogP contribution in [0.4, 0.5) is 0 Å². The minimum absolute atomic E-state index is 0.0201. The molecule has 1 atom stereocenters. The van der Waals surface area contributed by atoms with Crippen molar-refractivity contribution in [2.45, 2.75) is 18.9 Å². The van der Waals surface area contributed by atoms with Crippen LogP contribution in [0, 0.1) is 0 Å². The van der Waals surface area contributed by atoms with Crippen molar-refractivity contribution in [3.05, 3.63) is 42.5 Å². The molecule has 1 N–H and O–H groups in total. The van der Waals surface area contributed by atoms with Crippen LogP contribution in [0.25, 0.3) is 0 Å². The van der Waals surface area contributed by atoms with Crippen molar-refractivity contribution in [2.24, 2.45) is 0 Å². The largest absolute Gasteiger partial charge is 0.506 e. The third-order valence-corrected chi connectivity index (χ3v) is 3.45. The Balaban J connectivity index is 1.66. The van der Waals surface area contributed by atoms with E-state index in [0.29, 0.717) is 24.7 Å². The average molecular weight is 300 g/mol. The van der Waals surface area contributed by atoms with Gasteiger partial charge in [-0.15, -0.1) is 0 Å². The fourth-order valence-corrected chi connectivity index (χ4v) is 2.44. The van der Waals surface area contributed by atoms with E-state index in [9.17, 15) is 9.90 Å². The summed E-state index contributed by atoms with van der Waals surface area (Å²) in [7, 11) is 0. The van der Waals surface area contributed by atoms with Gasteiger partial charge in [0.2, 0.25) is 0 Å². The minimum atomic E-state index is -0.161. The van der Waals surface area contributed by atoms with Crippen LogP contribution in [0.2, 0.25) is 0 Å². The first kappa shape index (κ1) is 14.2. The molecule has 0 bridgehead atoms. The zero-order chi connectivity index (χ0) is 15.4. The third kappa shape index (κ3) is 3.30. The molecule has 1 aliphatic heterocycles. The number of likely N-dealkylation sites (tertiary alicyclic amines) is 1. The molecule has 1 unspecified atom stereocenters. The number of carbonyl (C=O) groups is 1. The molecule has 0 aliphatic carbocycles. The zero-order valence-corrected chi connectivity index (χ0v) is 11.9. The molecule has 22 heavy (non-hydrogen) atoms. The van der Waals surface area contributed by atoms with Crippen LogP contribution in [0.5, 0.6) is 11.8 Å². The van der Waals surface area contributed by atoms with Crippen LogP contribution in [0.3, 0.4) is 0 Å². The molecule has 0 spiro atoms. The van der Waals surface area contributed by atoms with E-state index < -0.39 is 0 Å². The van der Waals surface area contributed by atoms with Gasteiger partial charge in [0.1, 0.15) is 11.9 Å². The van der Waals surface area contributed by atoms with Crippen molar-refractivity contribution in [3.63, 3.8) is 0 Å². The third-order valence-electron chi connectivity index (χ3n) is 3.45. The Bertz CT molecular complexity index is 650. The molecular formula is C15H16N4O3. The number of aromatic nitrogens is 3. The highest BCUT2D eigenvalue weighted by atomic mass is 16.5. The van der Waals surface area contributed by atoms with E-state index in [0.717, 1.165) is 12.8 Å². The number of ether oxygens (including phenoxy) is 1. The fraction of sp³-hybridized carbons (Fsp3) is 0.333. The molecule has 3 heterocycles. The molecule has 1 fully saturated rings. The molecule has 1 saturated heterocycles. The van der Waals surface area contributed by atoms with Crippen LogP contribution >= 0.6 is 0 Å². The van der Waals surface area contributed by atoms with E-state index in [4.69, 9.17) is 4.74 Å². The fourth-order valence-electron chi connectivity index (χ4n) is 2.44. The Hall–Kier alpha value is -2.70. The normalized spacial score (nSPS) is 18.0. The van der Waals surface area contributed by atoms with Gasteiger partial charge in [-0.1, -0.05) is 0 Å². The van der Waals surface area contributed by atoms with Gasteiger partial charge in [0.15, 0.2) is 0 Å². The SMILES string of the molecule is O=C(c1cncc(O)c1)N1CCCC(Oc2ncccn2)C1. The van der Waals surface area contributed by atoms with Gasteiger partial charge in [0.25, 0.3) is 5.91 Å². The molecule has 2 aromatic heterocycles. The van der Waals surface area contributed by atoms with Crippen LogP contribution in [0.15, 0.2) is 36.9 Å². The Morgan fingerprint density at radius 1 is 1.32 bits per heavy atom. The zero-order valence-electron chi connectivity index (χ0n) is 11.9. The lowest BCUT2D eigenvalue weighted by Crippen LogP contribution is -2.44. The number of pyridine rings is 1. The Morgan fingerprint density at radius 2 is 2.14 bits per heavy atom. The van der Waals surface area contributed by atoms with Crippen molar-refractivity contribution >= 4 is 5.91 Å². The summed E-state index contributed by atoms with van der Waals surface area (Å²) in [4.78, 5) is 26.0. The summed E-state index contributed by atoms with van der Waals surface area (Å²) in [6, 6.07) is 3.46. The van der Waals surface area contributed by atoms with Gasteiger partial charge in [-0.3, -0.25) is 9.78 Å². The van der Waals surface area contributed by atoms with E-state index in [-0.39, 0.29) is 17.8 Å². The van der Waals surface area contributed by atoms with Crippen molar-refractivity contribution < 1.29 is 14.6 Å². The molecule has 7 nitrogen and oxygen atoms in total. The van der Waals surface area contributed by atoms with Gasteiger partial charge >= 0.3 is 6.01 Å². The second-order valence-corrected chi connectivity index (χ2v) is 5.10. The number of aromatic hydroxyl groups is 1. The van der Waals surface area contributed by atoms with Crippen LogP contribution in [-0.2, 0) is 0 Å². The molecular weight excluding hydrogens is 284 g/mol. The first-order valence-electron chi connectivity index (χ1n) is 7.09. The smallest absolute Gasteiger partial charge is 0.316 e. The maximum atomic E-state index is 12.4. The quantitative estimate of drug-likeness (QED) is 0.918. The Morgan fingerprint density at radius 3 is 2.91 bits per heavy atom. The molecule has 0 radical (unpaired) electrons. The topological polar surface area (TPSA) is 88.4 Å². The van der Waals surface area contributed by atoms with Crippen LogP contribution < -0.4 is 4.74 Å². The first-order valence-corrected chi connectivity index (χ1v) is 7.09. The maximum absolute atomic E-state index is 12.4. The molecule has 7 heteroatoms. The Labute approximate surface area is 127 Å². The van der Waals surface area contributed by atoms with Crippen LogP contribution in [0.1, 0.15) is 23.2 Å². The molecule has 1 amide bonds. The maximum Gasteiger partial charge on any atom is 0.316 e. The number of rotatable bonds is 3. The van der Waals surface area contributed by atoms with Crippen molar-refractivity contribution in [2.75, 3.05) is 13.1 Å². The van der Waals surface area contributed by atoms with Crippen molar-refractivity contribution in [1.29, 1.82) is 0 Å². The van der Waals surface area contributed by atoms with Gasteiger partial charge in [-0.2, -0.15) is 0 Å². The van der Waals surface area contributed by atoms with Crippen LogP contribution in [-0.4, -0.2) is 50.1 Å². The van der Waals surface area contributed by atoms with E-state index in [1.807, 2.05) is 0 Å². The lowest BCUT2D eigenvalue weighted by molar-refractivity contribution is 0.0515. The Kier molecular flexibility index (Phi) is 4.13. The summed E-state index contributed by atoms with van der Waals surface area (Å²) in [6.07, 6.45) is 7.54. The average Bonchev–Trinajstić information content (AvgIpc) is 2.55. The van der Waals surface area contributed by atoms with E-state index in [2.05, 4.69) is 15.0 Å². The van der Waals surface area contributed by atoms with Gasteiger partial charge in [0.05, 0.1) is 18.3 Å². The highest BCUT2D eigenvalue weighted by Gasteiger charge is 2.26. The van der Waals surface area contributed by atoms with Crippen molar-refractivity contribution in [1.82, 2.24) is 19.9 Å². The van der Waals surface area contributed by atoms with Gasteiger partial charge in [-0.05, 0) is 25.0 Å². The second-order valence-electron chi connectivity index (χ2n) is 5.10. The number of hydrogen-bond acceptors (Lipinski definition) is 6. The summed E-state index contributed by atoms with van der Waals surface area (Å²) in [6.45, 7) is 1.12. The molecule has 0 saturated carbocycles. The molecule has 2 aromatic rings.